The highest BCUT2D eigenvalue weighted by Gasteiger charge is 2.10. The molecule has 0 amide bonds. The Morgan fingerprint density at radius 2 is 1.80 bits per heavy atom. The third kappa shape index (κ3) is 2.37. The van der Waals surface area contributed by atoms with E-state index in [2.05, 4.69) is 54.6 Å². The predicted molar refractivity (Wildman–Crippen MR) is 89.1 cm³/mol. The number of halogens is 1. The van der Waals surface area contributed by atoms with Gasteiger partial charge in [0.05, 0.1) is 0 Å². The van der Waals surface area contributed by atoms with Crippen molar-refractivity contribution >= 4 is 35.0 Å². The maximum atomic E-state index is 6.38. The summed E-state index contributed by atoms with van der Waals surface area (Å²) in [6, 6.07) is 14.6. The molecule has 1 aliphatic carbocycles. The normalized spacial score (nSPS) is 14.7. The lowest BCUT2D eigenvalue weighted by Gasteiger charge is -2.13. The summed E-state index contributed by atoms with van der Waals surface area (Å²) in [7, 11) is 4.03. The van der Waals surface area contributed by atoms with Gasteiger partial charge >= 0.3 is 0 Å². The smallest absolute Gasteiger partial charge is 0.0499 e. The van der Waals surface area contributed by atoms with Crippen molar-refractivity contribution in [2.75, 3.05) is 19.0 Å². The van der Waals surface area contributed by atoms with E-state index in [0.29, 0.717) is 0 Å². The molecule has 1 aliphatic rings. The molecule has 0 fully saturated rings. The molecule has 0 N–H and O–H groups in total. The SMILES string of the molecule is CN(C)c1ccc(/C=C2\C=Cc3ccccc32)c(Cl)c1. The van der Waals surface area contributed by atoms with Crippen LogP contribution in [0.15, 0.2) is 48.5 Å². The van der Waals surface area contributed by atoms with Gasteiger partial charge in [-0.2, -0.15) is 0 Å². The average Bonchev–Trinajstić information content (AvgIpc) is 2.84. The molecule has 0 spiro atoms. The van der Waals surface area contributed by atoms with E-state index in [-0.39, 0.29) is 0 Å². The maximum absolute atomic E-state index is 6.38. The summed E-state index contributed by atoms with van der Waals surface area (Å²) in [5.41, 5.74) is 5.90. The van der Waals surface area contributed by atoms with Gasteiger partial charge in [0.15, 0.2) is 0 Å². The number of rotatable bonds is 2. The highest BCUT2D eigenvalue weighted by molar-refractivity contribution is 6.32. The van der Waals surface area contributed by atoms with Crippen molar-refractivity contribution in [3.8, 4) is 0 Å². The first-order valence-electron chi connectivity index (χ1n) is 6.61. The fourth-order valence-corrected chi connectivity index (χ4v) is 2.61. The zero-order valence-electron chi connectivity index (χ0n) is 11.6. The van der Waals surface area contributed by atoms with Crippen molar-refractivity contribution in [3.63, 3.8) is 0 Å². The summed E-state index contributed by atoms with van der Waals surface area (Å²) in [6.07, 6.45) is 6.42. The minimum atomic E-state index is 0.779. The van der Waals surface area contributed by atoms with Crippen LogP contribution < -0.4 is 4.90 Å². The Kier molecular flexibility index (Phi) is 3.37. The van der Waals surface area contributed by atoms with Crippen LogP contribution in [0.4, 0.5) is 5.69 Å². The van der Waals surface area contributed by atoms with E-state index in [4.69, 9.17) is 11.6 Å². The molecule has 0 atom stereocenters. The average molecular weight is 282 g/mol. The Morgan fingerprint density at radius 1 is 1.00 bits per heavy atom. The van der Waals surface area contributed by atoms with Crippen LogP contribution in [0.1, 0.15) is 16.7 Å². The minimum Gasteiger partial charge on any atom is -0.378 e. The Morgan fingerprint density at radius 3 is 2.55 bits per heavy atom. The van der Waals surface area contributed by atoms with Crippen LogP contribution in [0.3, 0.4) is 0 Å². The van der Waals surface area contributed by atoms with E-state index < -0.39 is 0 Å². The molecular formula is C18H16ClN. The van der Waals surface area contributed by atoms with Crippen LogP contribution in [0.5, 0.6) is 0 Å². The van der Waals surface area contributed by atoms with Crippen molar-refractivity contribution in [2.45, 2.75) is 0 Å². The van der Waals surface area contributed by atoms with Crippen molar-refractivity contribution in [2.24, 2.45) is 0 Å². The molecule has 0 aliphatic heterocycles. The Bertz CT molecular complexity index is 711. The molecule has 0 unspecified atom stereocenters. The molecule has 20 heavy (non-hydrogen) atoms. The van der Waals surface area contributed by atoms with Crippen LogP contribution in [0, 0.1) is 0 Å². The Labute approximate surface area is 124 Å². The van der Waals surface area contributed by atoms with E-state index >= 15 is 0 Å². The van der Waals surface area contributed by atoms with Gasteiger partial charge in [0.1, 0.15) is 0 Å². The van der Waals surface area contributed by atoms with Crippen LogP contribution in [0.25, 0.3) is 17.7 Å². The van der Waals surface area contributed by atoms with Crippen molar-refractivity contribution in [3.05, 3.63) is 70.3 Å². The molecule has 0 radical (unpaired) electrons. The highest BCUT2D eigenvalue weighted by atomic mass is 35.5. The van der Waals surface area contributed by atoms with Crippen molar-refractivity contribution in [1.29, 1.82) is 0 Å². The standard InChI is InChI=1S/C18H16ClN/c1-20(2)16-10-9-15(18(19)12-16)11-14-8-7-13-5-3-4-6-17(13)14/h3-12H,1-2H3/b14-11+. The monoisotopic (exact) mass is 281 g/mol. The van der Waals surface area contributed by atoms with Crippen molar-refractivity contribution < 1.29 is 0 Å². The molecule has 0 bridgehead atoms. The molecule has 0 saturated heterocycles. The maximum Gasteiger partial charge on any atom is 0.0499 e. The largest absolute Gasteiger partial charge is 0.378 e. The summed E-state index contributed by atoms with van der Waals surface area (Å²) in [6.45, 7) is 0. The molecule has 100 valence electrons. The van der Waals surface area contributed by atoms with Gasteiger partial charge < -0.3 is 4.90 Å². The first-order chi connectivity index (χ1) is 9.65. The summed E-state index contributed by atoms with van der Waals surface area (Å²) in [5, 5.41) is 0.779. The first-order valence-corrected chi connectivity index (χ1v) is 6.99. The molecule has 3 rings (SSSR count). The number of benzene rings is 2. The zero-order valence-corrected chi connectivity index (χ0v) is 12.4. The summed E-state index contributed by atoms with van der Waals surface area (Å²) < 4.78 is 0. The molecular weight excluding hydrogens is 266 g/mol. The molecule has 0 heterocycles. The zero-order chi connectivity index (χ0) is 14.1. The van der Waals surface area contributed by atoms with Crippen LogP contribution in [-0.4, -0.2) is 14.1 Å². The van der Waals surface area contributed by atoms with E-state index in [1.54, 1.807) is 0 Å². The van der Waals surface area contributed by atoms with E-state index in [0.717, 1.165) is 16.3 Å². The Balaban J connectivity index is 2.00. The number of hydrogen-bond acceptors (Lipinski definition) is 1. The Hall–Kier alpha value is -1.99. The topological polar surface area (TPSA) is 3.24 Å². The summed E-state index contributed by atoms with van der Waals surface area (Å²) in [5.74, 6) is 0. The second-order valence-electron chi connectivity index (χ2n) is 5.12. The number of allylic oxidation sites excluding steroid dienone is 2. The molecule has 0 saturated carbocycles. The number of anilines is 1. The molecule has 0 aromatic heterocycles. The predicted octanol–water partition coefficient (Wildman–Crippen LogP) is 4.97. The fraction of sp³-hybridized carbons (Fsp3) is 0.111. The van der Waals surface area contributed by atoms with Crippen LogP contribution >= 0.6 is 11.6 Å². The lowest BCUT2D eigenvalue weighted by Crippen LogP contribution is -2.08. The van der Waals surface area contributed by atoms with Gasteiger partial charge in [-0.1, -0.05) is 54.1 Å². The third-order valence-corrected chi connectivity index (χ3v) is 3.85. The van der Waals surface area contributed by atoms with Crippen LogP contribution in [0.2, 0.25) is 5.02 Å². The van der Waals surface area contributed by atoms with Crippen molar-refractivity contribution in [1.82, 2.24) is 0 Å². The molecule has 2 aromatic carbocycles. The summed E-state index contributed by atoms with van der Waals surface area (Å²) >= 11 is 6.38. The van der Waals surface area contributed by atoms with E-state index in [9.17, 15) is 0 Å². The van der Waals surface area contributed by atoms with Gasteiger partial charge in [0.2, 0.25) is 0 Å². The molecule has 1 nitrogen and oxygen atoms in total. The van der Waals surface area contributed by atoms with Gasteiger partial charge in [-0.05, 0) is 40.5 Å². The van der Waals surface area contributed by atoms with Gasteiger partial charge in [0, 0.05) is 24.8 Å². The second kappa shape index (κ2) is 5.18. The lowest BCUT2D eigenvalue weighted by molar-refractivity contribution is 1.13. The minimum absolute atomic E-state index is 0.779. The third-order valence-electron chi connectivity index (χ3n) is 3.53. The number of fused-ring (bicyclic) bond motifs is 1. The fourth-order valence-electron chi connectivity index (χ4n) is 2.38. The lowest BCUT2D eigenvalue weighted by atomic mass is 10.0. The number of nitrogens with zero attached hydrogens (tertiary/aromatic N) is 1. The van der Waals surface area contributed by atoms with Gasteiger partial charge in [-0.25, -0.2) is 0 Å². The molecule has 2 heteroatoms. The van der Waals surface area contributed by atoms with Gasteiger partial charge in [0.25, 0.3) is 0 Å². The van der Waals surface area contributed by atoms with Gasteiger partial charge in [-0.3, -0.25) is 0 Å². The quantitative estimate of drug-likeness (QED) is 0.751. The first kappa shape index (κ1) is 13.0. The second-order valence-corrected chi connectivity index (χ2v) is 5.53. The highest BCUT2D eigenvalue weighted by Crippen LogP contribution is 2.32. The summed E-state index contributed by atoms with van der Waals surface area (Å²) in [4.78, 5) is 2.05. The van der Waals surface area contributed by atoms with Crippen LogP contribution in [-0.2, 0) is 0 Å². The number of hydrogen-bond donors (Lipinski definition) is 0. The van der Waals surface area contributed by atoms with E-state index in [1.807, 2.05) is 25.1 Å². The van der Waals surface area contributed by atoms with E-state index in [1.165, 1.54) is 16.7 Å². The molecule has 2 aromatic rings. The van der Waals surface area contributed by atoms with Gasteiger partial charge in [-0.15, -0.1) is 0 Å².